The molecule has 0 aromatic carbocycles. The number of carbonyl (C=O) groups is 1. The molecule has 0 aliphatic carbocycles. The summed E-state index contributed by atoms with van der Waals surface area (Å²) in [6.07, 6.45) is 6.50. The molecule has 3 rings (SSSR count). The molecule has 4 heteroatoms. The van der Waals surface area contributed by atoms with Crippen LogP contribution >= 0.6 is 11.8 Å². The van der Waals surface area contributed by atoms with E-state index in [1.54, 1.807) is 0 Å². The smallest absolute Gasteiger partial charge is 0.303 e. The van der Waals surface area contributed by atoms with E-state index < -0.39 is 5.97 Å². The van der Waals surface area contributed by atoms with Crippen molar-refractivity contribution in [2.45, 2.75) is 70.5 Å². The topological polar surface area (TPSA) is 40.5 Å². The van der Waals surface area contributed by atoms with Crippen LogP contribution in [0.3, 0.4) is 0 Å². The van der Waals surface area contributed by atoms with Gasteiger partial charge in [0.25, 0.3) is 0 Å². The first kappa shape index (κ1) is 14.7. The number of rotatable bonds is 3. The number of carboxylic acids is 1. The molecule has 1 N–H and O–H groups in total. The Morgan fingerprint density at radius 3 is 2.50 bits per heavy atom. The second-order valence-electron chi connectivity index (χ2n) is 7.60. The SMILES string of the molecule is CC1(C)CCSCC1N1C2CCC1CC(CC(=O)O)C2. The van der Waals surface area contributed by atoms with Gasteiger partial charge in [0, 0.05) is 30.3 Å². The van der Waals surface area contributed by atoms with E-state index in [0.717, 1.165) is 12.8 Å². The maximum absolute atomic E-state index is 11.0. The van der Waals surface area contributed by atoms with E-state index in [4.69, 9.17) is 5.11 Å². The summed E-state index contributed by atoms with van der Waals surface area (Å²) in [5.74, 6) is 2.37. The molecule has 0 saturated carbocycles. The zero-order chi connectivity index (χ0) is 14.3. The van der Waals surface area contributed by atoms with Crippen LogP contribution < -0.4 is 0 Å². The molecule has 3 aliphatic heterocycles. The van der Waals surface area contributed by atoms with Gasteiger partial charge in [0.15, 0.2) is 0 Å². The number of thioether (sulfide) groups is 1. The van der Waals surface area contributed by atoms with Gasteiger partial charge >= 0.3 is 5.97 Å². The molecular weight excluding hydrogens is 270 g/mol. The van der Waals surface area contributed by atoms with Crippen molar-refractivity contribution in [3.8, 4) is 0 Å². The van der Waals surface area contributed by atoms with Crippen LogP contribution in [-0.2, 0) is 4.79 Å². The third-order valence-electron chi connectivity index (χ3n) is 5.78. The average molecular weight is 297 g/mol. The Hall–Kier alpha value is -0.220. The molecule has 3 heterocycles. The minimum atomic E-state index is -0.614. The molecule has 3 unspecified atom stereocenters. The van der Waals surface area contributed by atoms with Crippen molar-refractivity contribution in [3.05, 3.63) is 0 Å². The van der Waals surface area contributed by atoms with Crippen LogP contribution in [0.5, 0.6) is 0 Å². The van der Waals surface area contributed by atoms with Gasteiger partial charge in [0.2, 0.25) is 0 Å². The lowest BCUT2D eigenvalue weighted by atomic mass is 9.78. The lowest BCUT2D eigenvalue weighted by Crippen LogP contribution is -2.56. The molecule has 0 spiro atoms. The van der Waals surface area contributed by atoms with Crippen LogP contribution in [0.2, 0.25) is 0 Å². The molecule has 0 aromatic rings. The van der Waals surface area contributed by atoms with Crippen LogP contribution in [0.15, 0.2) is 0 Å². The molecule has 3 saturated heterocycles. The highest BCUT2D eigenvalue weighted by molar-refractivity contribution is 7.99. The zero-order valence-corrected chi connectivity index (χ0v) is 13.5. The van der Waals surface area contributed by atoms with E-state index in [1.807, 2.05) is 0 Å². The Balaban J connectivity index is 1.72. The highest BCUT2D eigenvalue weighted by Gasteiger charge is 2.48. The highest BCUT2D eigenvalue weighted by Crippen LogP contribution is 2.47. The summed E-state index contributed by atoms with van der Waals surface area (Å²) in [7, 11) is 0. The maximum Gasteiger partial charge on any atom is 0.303 e. The Morgan fingerprint density at radius 2 is 1.95 bits per heavy atom. The molecule has 3 fully saturated rings. The van der Waals surface area contributed by atoms with Gasteiger partial charge in [-0.25, -0.2) is 0 Å². The Morgan fingerprint density at radius 1 is 1.30 bits per heavy atom. The monoisotopic (exact) mass is 297 g/mol. The van der Waals surface area contributed by atoms with E-state index in [-0.39, 0.29) is 0 Å². The van der Waals surface area contributed by atoms with Gasteiger partial charge in [-0.05, 0) is 49.2 Å². The lowest BCUT2D eigenvalue weighted by Gasteiger charge is -2.51. The standard InChI is InChI=1S/C16H27NO2S/c1-16(2)5-6-20-10-14(16)17-12-3-4-13(17)8-11(7-12)9-15(18)19/h11-14H,3-10H2,1-2H3,(H,18,19). The Labute approximate surface area is 126 Å². The predicted octanol–water partition coefficient (Wildman–Crippen LogP) is 3.24. The van der Waals surface area contributed by atoms with Crippen molar-refractivity contribution < 1.29 is 9.90 Å². The molecule has 0 radical (unpaired) electrons. The second-order valence-corrected chi connectivity index (χ2v) is 8.75. The number of aliphatic carboxylic acids is 1. The molecule has 3 atom stereocenters. The fourth-order valence-electron chi connectivity index (χ4n) is 4.66. The lowest BCUT2D eigenvalue weighted by molar-refractivity contribution is -0.138. The largest absolute Gasteiger partial charge is 0.481 e. The average Bonchev–Trinajstić information content (AvgIpc) is 2.60. The van der Waals surface area contributed by atoms with Gasteiger partial charge in [-0.15, -0.1) is 0 Å². The van der Waals surface area contributed by atoms with Crippen molar-refractivity contribution in [1.82, 2.24) is 4.90 Å². The van der Waals surface area contributed by atoms with Crippen molar-refractivity contribution in [2.75, 3.05) is 11.5 Å². The molecule has 2 bridgehead atoms. The van der Waals surface area contributed by atoms with Crippen molar-refractivity contribution in [2.24, 2.45) is 11.3 Å². The summed E-state index contributed by atoms with van der Waals surface area (Å²) in [5.41, 5.74) is 0.422. The number of carboxylic acid groups (broad SMARTS) is 1. The predicted molar refractivity (Wildman–Crippen MR) is 83.1 cm³/mol. The van der Waals surface area contributed by atoms with Gasteiger partial charge in [-0.1, -0.05) is 13.8 Å². The number of hydrogen-bond donors (Lipinski definition) is 1. The summed E-state index contributed by atoms with van der Waals surface area (Å²) < 4.78 is 0. The number of fused-ring (bicyclic) bond motifs is 2. The molecule has 0 amide bonds. The van der Waals surface area contributed by atoms with Crippen molar-refractivity contribution in [3.63, 3.8) is 0 Å². The first-order valence-electron chi connectivity index (χ1n) is 8.04. The number of nitrogens with zero attached hydrogens (tertiary/aromatic N) is 1. The highest BCUT2D eigenvalue weighted by atomic mass is 32.2. The Bertz CT molecular complexity index is 371. The Kier molecular flexibility index (Phi) is 4.06. The third kappa shape index (κ3) is 2.74. The normalized spacial score (nSPS) is 40.7. The second kappa shape index (κ2) is 5.53. The maximum atomic E-state index is 11.0. The van der Waals surface area contributed by atoms with Crippen LogP contribution in [-0.4, -0.2) is 45.6 Å². The van der Waals surface area contributed by atoms with Crippen LogP contribution in [0, 0.1) is 11.3 Å². The van der Waals surface area contributed by atoms with E-state index in [2.05, 4.69) is 30.5 Å². The fraction of sp³-hybridized carbons (Fsp3) is 0.938. The first-order valence-corrected chi connectivity index (χ1v) is 9.20. The molecule has 20 heavy (non-hydrogen) atoms. The fourth-order valence-corrected chi connectivity index (χ4v) is 6.34. The minimum absolute atomic E-state index is 0.379. The van der Waals surface area contributed by atoms with E-state index in [9.17, 15) is 4.79 Å². The number of hydrogen-bond acceptors (Lipinski definition) is 3. The molecule has 114 valence electrons. The van der Waals surface area contributed by atoms with Gasteiger partial charge in [-0.2, -0.15) is 11.8 Å². The van der Waals surface area contributed by atoms with E-state index >= 15 is 0 Å². The van der Waals surface area contributed by atoms with Crippen LogP contribution in [0.25, 0.3) is 0 Å². The van der Waals surface area contributed by atoms with Crippen molar-refractivity contribution >= 4 is 17.7 Å². The molecule has 0 aromatic heterocycles. The molecule has 3 aliphatic rings. The first-order chi connectivity index (χ1) is 9.47. The van der Waals surface area contributed by atoms with Crippen molar-refractivity contribution in [1.29, 1.82) is 0 Å². The zero-order valence-electron chi connectivity index (χ0n) is 12.7. The summed E-state index contributed by atoms with van der Waals surface area (Å²) >= 11 is 2.11. The molecular formula is C16H27NO2S. The summed E-state index contributed by atoms with van der Waals surface area (Å²) in [5, 5.41) is 9.04. The van der Waals surface area contributed by atoms with Gasteiger partial charge < -0.3 is 5.11 Å². The van der Waals surface area contributed by atoms with Crippen LogP contribution in [0.4, 0.5) is 0 Å². The summed E-state index contributed by atoms with van der Waals surface area (Å²) in [6.45, 7) is 4.86. The van der Waals surface area contributed by atoms with Gasteiger partial charge in [0.05, 0.1) is 0 Å². The van der Waals surface area contributed by atoms with Gasteiger partial charge in [0.1, 0.15) is 0 Å². The number of piperidine rings is 1. The summed E-state index contributed by atoms with van der Waals surface area (Å²) in [4.78, 5) is 13.8. The summed E-state index contributed by atoms with van der Waals surface area (Å²) in [6, 6.07) is 2.01. The third-order valence-corrected chi connectivity index (χ3v) is 6.82. The molecule has 3 nitrogen and oxygen atoms in total. The van der Waals surface area contributed by atoms with E-state index in [1.165, 1.54) is 30.8 Å². The van der Waals surface area contributed by atoms with E-state index in [0.29, 0.717) is 35.9 Å². The van der Waals surface area contributed by atoms with Gasteiger partial charge in [-0.3, -0.25) is 9.69 Å². The van der Waals surface area contributed by atoms with Crippen LogP contribution in [0.1, 0.15) is 52.4 Å². The quantitative estimate of drug-likeness (QED) is 0.868. The minimum Gasteiger partial charge on any atom is -0.481 e.